The Morgan fingerprint density at radius 1 is 1.39 bits per heavy atom. The minimum atomic E-state index is -0.758. The largest absolute Gasteiger partial charge is 0.387 e. The molecule has 1 aromatic rings. The van der Waals surface area contributed by atoms with Gasteiger partial charge >= 0.3 is 6.03 Å². The molecule has 0 aromatic heterocycles. The van der Waals surface area contributed by atoms with Crippen molar-refractivity contribution in [3.05, 3.63) is 35.9 Å². The summed E-state index contributed by atoms with van der Waals surface area (Å²) in [7, 11) is 0. The SMILES string of the molecule is N=C(N)[C@@H]1CN(Cc2ccccc2)C(=O)NC1=O. The number of nitrogens with zero attached hydrogens (tertiary/aromatic N) is 1. The van der Waals surface area contributed by atoms with Crippen LogP contribution in [0.5, 0.6) is 0 Å². The number of hydrogen-bond acceptors (Lipinski definition) is 3. The van der Waals surface area contributed by atoms with Crippen molar-refractivity contribution >= 4 is 17.8 Å². The maximum absolute atomic E-state index is 11.7. The number of hydrogen-bond donors (Lipinski definition) is 3. The second-order valence-corrected chi connectivity index (χ2v) is 4.17. The van der Waals surface area contributed by atoms with Crippen molar-refractivity contribution in [1.29, 1.82) is 5.41 Å². The van der Waals surface area contributed by atoms with Gasteiger partial charge in [-0.3, -0.25) is 15.5 Å². The Balaban J connectivity index is 2.10. The van der Waals surface area contributed by atoms with Crippen molar-refractivity contribution in [2.45, 2.75) is 6.54 Å². The highest BCUT2D eigenvalue weighted by atomic mass is 16.2. The predicted octanol–water partition coefficient (Wildman–Crippen LogP) is 0.291. The van der Waals surface area contributed by atoms with Crippen LogP contribution in [0.15, 0.2) is 30.3 Å². The zero-order valence-electron chi connectivity index (χ0n) is 9.72. The van der Waals surface area contributed by atoms with E-state index in [-0.39, 0.29) is 12.4 Å². The summed E-state index contributed by atoms with van der Waals surface area (Å²) in [6.45, 7) is 0.540. The molecular weight excluding hydrogens is 232 g/mol. The first kappa shape index (κ1) is 12.1. The highest BCUT2D eigenvalue weighted by Crippen LogP contribution is 2.12. The summed E-state index contributed by atoms with van der Waals surface area (Å²) in [5, 5.41) is 9.54. The summed E-state index contributed by atoms with van der Waals surface area (Å²) >= 11 is 0. The van der Waals surface area contributed by atoms with Crippen molar-refractivity contribution in [1.82, 2.24) is 10.2 Å². The molecule has 6 nitrogen and oxygen atoms in total. The van der Waals surface area contributed by atoms with Gasteiger partial charge in [-0.2, -0.15) is 0 Å². The second-order valence-electron chi connectivity index (χ2n) is 4.17. The van der Waals surface area contributed by atoms with E-state index < -0.39 is 17.9 Å². The van der Waals surface area contributed by atoms with E-state index in [9.17, 15) is 9.59 Å². The standard InChI is InChI=1S/C12H14N4O2/c13-10(14)9-7-16(12(18)15-11(9)17)6-8-4-2-1-3-5-8/h1-5,9H,6-7H2,(H3,13,14)(H,15,17,18)/t9-/m0/s1. The van der Waals surface area contributed by atoms with E-state index in [4.69, 9.17) is 11.1 Å². The molecule has 0 spiro atoms. The summed E-state index contributed by atoms with van der Waals surface area (Å²) in [6, 6.07) is 9.00. The maximum atomic E-state index is 11.7. The minimum Gasteiger partial charge on any atom is -0.387 e. The van der Waals surface area contributed by atoms with Gasteiger partial charge in [0, 0.05) is 13.1 Å². The fraction of sp³-hybridized carbons (Fsp3) is 0.250. The number of nitrogens with two attached hydrogens (primary N) is 1. The van der Waals surface area contributed by atoms with Gasteiger partial charge in [0.2, 0.25) is 5.91 Å². The van der Waals surface area contributed by atoms with Crippen molar-refractivity contribution in [3.63, 3.8) is 0 Å². The quantitative estimate of drug-likeness (QED) is 0.528. The lowest BCUT2D eigenvalue weighted by atomic mass is 10.0. The zero-order chi connectivity index (χ0) is 13.1. The van der Waals surface area contributed by atoms with E-state index in [1.165, 1.54) is 4.90 Å². The smallest absolute Gasteiger partial charge is 0.324 e. The number of benzene rings is 1. The maximum Gasteiger partial charge on any atom is 0.324 e. The molecule has 1 aliphatic heterocycles. The van der Waals surface area contributed by atoms with Crippen LogP contribution < -0.4 is 11.1 Å². The van der Waals surface area contributed by atoms with Crippen LogP contribution in [0, 0.1) is 11.3 Å². The Morgan fingerprint density at radius 2 is 2.06 bits per heavy atom. The van der Waals surface area contributed by atoms with Crippen molar-refractivity contribution in [2.24, 2.45) is 11.7 Å². The minimum absolute atomic E-state index is 0.148. The Bertz CT molecular complexity index is 486. The van der Waals surface area contributed by atoms with Crippen LogP contribution in [0.3, 0.4) is 0 Å². The molecule has 1 aliphatic rings. The lowest BCUT2D eigenvalue weighted by Gasteiger charge is -2.31. The highest BCUT2D eigenvalue weighted by molar-refractivity contribution is 6.08. The Hall–Kier alpha value is -2.37. The third-order valence-corrected chi connectivity index (χ3v) is 2.83. The van der Waals surface area contributed by atoms with E-state index in [0.717, 1.165) is 5.56 Å². The molecule has 3 amide bonds. The molecule has 1 aromatic carbocycles. The molecule has 6 heteroatoms. The molecule has 0 saturated carbocycles. The molecule has 1 saturated heterocycles. The molecule has 0 radical (unpaired) electrons. The molecule has 0 aliphatic carbocycles. The molecule has 94 valence electrons. The lowest BCUT2D eigenvalue weighted by Crippen LogP contribution is -2.57. The number of carbonyl (C=O) groups is 2. The summed E-state index contributed by atoms with van der Waals surface area (Å²) < 4.78 is 0. The highest BCUT2D eigenvalue weighted by Gasteiger charge is 2.33. The number of rotatable bonds is 3. The van der Waals surface area contributed by atoms with E-state index in [1.807, 2.05) is 30.3 Å². The number of imide groups is 1. The van der Waals surface area contributed by atoms with Crippen LogP contribution in [-0.4, -0.2) is 29.2 Å². The van der Waals surface area contributed by atoms with Gasteiger partial charge in [-0.15, -0.1) is 0 Å². The van der Waals surface area contributed by atoms with Gasteiger partial charge in [-0.25, -0.2) is 4.79 Å². The predicted molar refractivity (Wildman–Crippen MR) is 65.8 cm³/mol. The van der Waals surface area contributed by atoms with Gasteiger partial charge in [0.1, 0.15) is 11.8 Å². The van der Waals surface area contributed by atoms with Gasteiger partial charge in [0.15, 0.2) is 0 Å². The van der Waals surface area contributed by atoms with Crippen LogP contribution in [0.2, 0.25) is 0 Å². The molecule has 18 heavy (non-hydrogen) atoms. The first-order chi connectivity index (χ1) is 8.58. The van der Waals surface area contributed by atoms with Crippen molar-refractivity contribution in [2.75, 3.05) is 6.54 Å². The zero-order valence-corrected chi connectivity index (χ0v) is 9.72. The molecule has 1 atom stereocenters. The van der Waals surface area contributed by atoms with Gasteiger partial charge in [0.25, 0.3) is 0 Å². The van der Waals surface area contributed by atoms with Gasteiger partial charge in [0.05, 0.1) is 0 Å². The van der Waals surface area contributed by atoms with Gasteiger partial charge in [-0.05, 0) is 5.56 Å². The fourth-order valence-corrected chi connectivity index (χ4v) is 1.84. The molecule has 2 rings (SSSR count). The topological polar surface area (TPSA) is 99.3 Å². The summed E-state index contributed by atoms with van der Waals surface area (Å²) in [5.41, 5.74) is 6.31. The average Bonchev–Trinajstić information content (AvgIpc) is 2.33. The number of nitrogens with one attached hydrogen (secondary N) is 2. The Kier molecular flexibility index (Phi) is 3.27. The van der Waals surface area contributed by atoms with Crippen LogP contribution in [0.4, 0.5) is 4.79 Å². The molecule has 1 fully saturated rings. The van der Waals surface area contributed by atoms with Crippen LogP contribution in [-0.2, 0) is 11.3 Å². The Labute approximate surface area is 104 Å². The van der Waals surface area contributed by atoms with Crippen LogP contribution >= 0.6 is 0 Å². The summed E-state index contributed by atoms with van der Waals surface area (Å²) in [6.07, 6.45) is 0. The molecule has 0 bridgehead atoms. The van der Waals surface area contributed by atoms with E-state index in [2.05, 4.69) is 5.32 Å². The average molecular weight is 246 g/mol. The lowest BCUT2D eigenvalue weighted by molar-refractivity contribution is -0.123. The van der Waals surface area contributed by atoms with E-state index >= 15 is 0 Å². The van der Waals surface area contributed by atoms with Crippen molar-refractivity contribution < 1.29 is 9.59 Å². The van der Waals surface area contributed by atoms with Crippen LogP contribution in [0.25, 0.3) is 0 Å². The number of amides is 3. The second kappa shape index (κ2) is 4.87. The fourth-order valence-electron chi connectivity index (χ4n) is 1.84. The van der Waals surface area contributed by atoms with E-state index in [0.29, 0.717) is 6.54 Å². The molecule has 0 unspecified atom stereocenters. The van der Waals surface area contributed by atoms with Gasteiger partial charge in [-0.1, -0.05) is 30.3 Å². The third-order valence-electron chi connectivity index (χ3n) is 2.83. The third kappa shape index (κ3) is 2.48. The molecule has 4 N–H and O–H groups in total. The number of carbonyl (C=O) groups excluding carboxylic acids is 2. The summed E-state index contributed by atoms with van der Waals surface area (Å²) in [4.78, 5) is 24.6. The normalized spacial score (nSPS) is 19.6. The van der Waals surface area contributed by atoms with Gasteiger partial charge < -0.3 is 10.6 Å². The van der Waals surface area contributed by atoms with E-state index in [1.54, 1.807) is 0 Å². The monoisotopic (exact) mass is 246 g/mol. The molecular formula is C12H14N4O2. The first-order valence-electron chi connectivity index (χ1n) is 5.55. The Morgan fingerprint density at radius 3 is 2.67 bits per heavy atom. The first-order valence-corrected chi connectivity index (χ1v) is 5.55. The number of amidine groups is 1. The van der Waals surface area contributed by atoms with Crippen molar-refractivity contribution in [3.8, 4) is 0 Å². The molecule has 1 heterocycles. The number of urea groups is 1. The van der Waals surface area contributed by atoms with Crippen LogP contribution in [0.1, 0.15) is 5.56 Å². The summed E-state index contributed by atoms with van der Waals surface area (Å²) in [5.74, 6) is -1.48.